The third-order valence-electron chi connectivity index (χ3n) is 2.22. The molecule has 0 amide bonds. The van der Waals surface area contributed by atoms with Crippen LogP contribution in [0.15, 0.2) is 39.0 Å². The molecule has 0 aliphatic rings. The third-order valence-corrected chi connectivity index (χ3v) is 5.86. The van der Waals surface area contributed by atoms with Gasteiger partial charge in [0, 0.05) is 10.2 Å². The van der Waals surface area contributed by atoms with Gasteiger partial charge in [-0.15, -0.1) is 0 Å². The Bertz CT molecular complexity index is 682. The summed E-state index contributed by atoms with van der Waals surface area (Å²) in [5, 5.41) is -0.526. The largest absolute Gasteiger partial charge is 0.279 e. The molecule has 0 aliphatic carbocycles. The molecule has 1 aromatic heterocycles. The van der Waals surface area contributed by atoms with Crippen LogP contribution in [0.3, 0.4) is 0 Å². The van der Waals surface area contributed by atoms with Crippen molar-refractivity contribution in [3.8, 4) is 0 Å². The van der Waals surface area contributed by atoms with E-state index in [0.29, 0.717) is 17.0 Å². The number of benzene rings is 1. The lowest BCUT2D eigenvalue weighted by Gasteiger charge is -2.07. The van der Waals surface area contributed by atoms with Crippen LogP contribution < -0.4 is 4.72 Å². The first-order valence-electron chi connectivity index (χ1n) is 4.93. The molecule has 0 bridgehead atoms. The van der Waals surface area contributed by atoms with E-state index in [1.54, 1.807) is 18.2 Å². The van der Waals surface area contributed by atoms with Gasteiger partial charge < -0.3 is 0 Å². The summed E-state index contributed by atoms with van der Waals surface area (Å²) in [7, 11) is -3.71. The Kier molecular flexibility index (Phi) is 3.74. The van der Waals surface area contributed by atoms with Crippen LogP contribution >= 0.6 is 27.3 Å². The summed E-state index contributed by atoms with van der Waals surface area (Å²) in [6.45, 7) is 1.85. The minimum absolute atomic E-state index is 0.0411. The Morgan fingerprint density at radius 1 is 1.28 bits per heavy atom. The van der Waals surface area contributed by atoms with E-state index in [1.807, 2.05) is 6.92 Å². The summed E-state index contributed by atoms with van der Waals surface area (Å²) in [5.74, 6) is 0. The summed E-state index contributed by atoms with van der Waals surface area (Å²) >= 11 is 3.93. The molecule has 18 heavy (non-hydrogen) atoms. The molecule has 96 valence electrons. The number of halogens is 2. The van der Waals surface area contributed by atoms with Crippen LogP contribution in [0, 0.1) is 12.1 Å². The van der Waals surface area contributed by atoms with Gasteiger partial charge in [0.15, 0.2) is 5.13 Å². The number of anilines is 1. The number of hydrogen-bond donors (Lipinski definition) is 1. The SMILES string of the molecule is Cc1cc(NS(=O)(=O)c2ccc(F)s2)ccc1Br. The molecule has 2 rings (SSSR count). The van der Waals surface area contributed by atoms with E-state index in [-0.39, 0.29) is 4.21 Å². The highest BCUT2D eigenvalue weighted by Crippen LogP contribution is 2.25. The Morgan fingerprint density at radius 2 is 2.00 bits per heavy atom. The van der Waals surface area contributed by atoms with Crippen molar-refractivity contribution in [1.29, 1.82) is 0 Å². The fraction of sp³-hybridized carbons (Fsp3) is 0.0909. The van der Waals surface area contributed by atoms with Crippen molar-refractivity contribution in [2.45, 2.75) is 11.1 Å². The van der Waals surface area contributed by atoms with Gasteiger partial charge in [-0.3, -0.25) is 4.72 Å². The molecule has 3 nitrogen and oxygen atoms in total. The van der Waals surface area contributed by atoms with Crippen molar-refractivity contribution in [2.24, 2.45) is 0 Å². The van der Waals surface area contributed by atoms with Gasteiger partial charge in [-0.25, -0.2) is 8.42 Å². The Balaban J connectivity index is 2.30. The quantitative estimate of drug-likeness (QED) is 0.916. The van der Waals surface area contributed by atoms with Crippen molar-refractivity contribution < 1.29 is 12.8 Å². The van der Waals surface area contributed by atoms with E-state index in [2.05, 4.69) is 20.7 Å². The molecule has 0 fully saturated rings. The molecular formula is C11H9BrFNO2S2. The minimum Gasteiger partial charge on any atom is -0.279 e. The van der Waals surface area contributed by atoms with E-state index >= 15 is 0 Å². The van der Waals surface area contributed by atoms with Crippen LogP contribution in [0.25, 0.3) is 0 Å². The van der Waals surface area contributed by atoms with E-state index in [4.69, 9.17) is 0 Å². The minimum atomic E-state index is -3.71. The average Bonchev–Trinajstić information content (AvgIpc) is 2.71. The molecule has 0 saturated carbocycles. The first-order valence-corrected chi connectivity index (χ1v) is 8.02. The zero-order valence-corrected chi connectivity index (χ0v) is 12.5. The highest BCUT2D eigenvalue weighted by atomic mass is 79.9. The van der Waals surface area contributed by atoms with Crippen LogP contribution in [0.4, 0.5) is 10.1 Å². The first-order chi connectivity index (χ1) is 8.38. The fourth-order valence-electron chi connectivity index (χ4n) is 1.36. The summed E-state index contributed by atoms with van der Waals surface area (Å²) in [6.07, 6.45) is 0. The number of hydrogen-bond acceptors (Lipinski definition) is 3. The van der Waals surface area contributed by atoms with Crippen molar-refractivity contribution in [3.05, 3.63) is 45.5 Å². The van der Waals surface area contributed by atoms with Crippen LogP contribution in [-0.4, -0.2) is 8.42 Å². The van der Waals surface area contributed by atoms with Gasteiger partial charge in [0.1, 0.15) is 4.21 Å². The van der Waals surface area contributed by atoms with Crippen LogP contribution in [0.2, 0.25) is 0 Å². The lowest BCUT2D eigenvalue weighted by atomic mass is 10.2. The lowest BCUT2D eigenvalue weighted by molar-refractivity contribution is 0.603. The molecule has 0 radical (unpaired) electrons. The smallest absolute Gasteiger partial charge is 0.271 e. The standard InChI is InChI=1S/C11H9BrFNO2S2/c1-7-6-8(2-3-9(7)12)14-18(15,16)11-5-4-10(13)17-11/h2-6,14H,1H3. The van der Waals surface area contributed by atoms with Gasteiger partial charge in [-0.2, -0.15) is 4.39 Å². The van der Waals surface area contributed by atoms with E-state index in [1.165, 1.54) is 6.07 Å². The van der Waals surface area contributed by atoms with Gasteiger partial charge in [0.05, 0.1) is 0 Å². The molecule has 0 spiro atoms. The van der Waals surface area contributed by atoms with Gasteiger partial charge in [0.25, 0.3) is 10.0 Å². The number of rotatable bonds is 3. The average molecular weight is 350 g/mol. The molecule has 0 atom stereocenters. The molecule has 1 heterocycles. The van der Waals surface area contributed by atoms with Gasteiger partial charge >= 0.3 is 0 Å². The lowest BCUT2D eigenvalue weighted by Crippen LogP contribution is -2.11. The maximum Gasteiger partial charge on any atom is 0.271 e. The maximum atomic E-state index is 12.8. The maximum absolute atomic E-state index is 12.8. The molecule has 0 aliphatic heterocycles. The van der Waals surface area contributed by atoms with Crippen LogP contribution in [0.5, 0.6) is 0 Å². The van der Waals surface area contributed by atoms with Gasteiger partial charge in [-0.1, -0.05) is 27.3 Å². The second-order valence-corrected chi connectivity index (χ2v) is 7.43. The topological polar surface area (TPSA) is 46.2 Å². The molecule has 0 saturated heterocycles. The fourth-order valence-corrected chi connectivity index (χ4v) is 3.65. The second kappa shape index (κ2) is 4.99. The monoisotopic (exact) mass is 349 g/mol. The number of sulfonamides is 1. The summed E-state index contributed by atoms with van der Waals surface area (Å²) < 4.78 is 40.0. The van der Waals surface area contributed by atoms with Crippen molar-refractivity contribution >= 4 is 43.0 Å². The molecule has 2 aromatic rings. The highest BCUT2D eigenvalue weighted by molar-refractivity contribution is 9.10. The van der Waals surface area contributed by atoms with E-state index < -0.39 is 15.2 Å². The van der Waals surface area contributed by atoms with Gasteiger partial charge in [0.2, 0.25) is 0 Å². The van der Waals surface area contributed by atoms with Crippen LogP contribution in [-0.2, 0) is 10.0 Å². The zero-order chi connectivity index (χ0) is 13.3. The Hall–Kier alpha value is -0.920. The zero-order valence-electron chi connectivity index (χ0n) is 9.28. The number of thiophene rings is 1. The summed E-state index contributed by atoms with van der Waals surface area (Å²) in [5.41, 5.74) is 1.36. The molecule has 7 heteroatoms. The van der Waals surface area contributed by atoms with Crippen molar-refractivity contribution in [1.82, 2.24) is 0 Å². The Labute approximate surface area is 117 Å². The van der Waals surface area contributed by atoms with E-state index in [9.17, 15) is 12.8 Å². The molecule has 1 N–H and O–H groups in total. The molecule has 0 unspecified atom stereocenters. The van der Waals surface area contributed by atoms with Crippen molar-refractivity contribution in [3.63, 3.8) is 0 Å². The Morgan fingerprint density at radius 3 is 2.56 bits per heavy atom. The first kappa shape index (κ1) is 13.5. The normalized spacial score (nSPS) is 11.5. The predicted octanol–water partition coefficient (Wildman–Crippen LogP) is 3.76. The number of aryl methyl sites for hydroxylation is 1. The van der Waals surface area contributed by atoms with E-state index in [0.717, 1.165) is 16.1 Å². The second-order valence-electron chi connectivity index (χ2n) is 3.63. The highest BCUT2D eigenvalue weighted by Gasteiger charge is 2.17. The third kappa shape index (κ3) is 2.90. The predicted molar refractivity (Wildman–Crippen MR) is 74.0 cm³/mol. The van der Waals surface area contributed by atoms with Crippen molar-refractivity contribution in [2.75, 3.05) is 4.72 Å². The van der Waals surface area contributed by atoms with Crippen LogP contribution in [0.1, 0.15) is 5.56 Å². The summed E-state index contributed by atoms with van der Waals surface area (Å²) in [4.78, 5) is 0. The van der Waals surface area contributed by atoms with Gasteiger partial charge in [-0.05, 0) is 42.8 Å². The number of nitrogens with one attached hydrogen (secondary N) is 1. The molecular weight excluding hydrogens is 341 g/mol. The molecule has 1 aromatic carbocycles. The summed E-state index contributed by atoms with van der Waals surface area (Å²) in [6, 6.07) is 7.46.